The summed E-state index contributed by atoms with van der Waals surface area (Å²) < 4.78 is 11.1. The number of aryl methyl sites for hydroxylation is 1. The molecule has 3 saturated heterocycles. The Balaban J connectivity index is 1.19. The Kier molecular flexibility index (Phi) is 6.15. The lowest BCUT2D eigenvalue weighted by molar-refractivity contribution is -0.00151. The first-order valence-electron chi connectivity index (χ1n) is 11.6. The maximum atomic E-state index is 12.3. The smallest absolute Gasteiger partial charge is 0.411 e. The minimum Gasteiger partial charge on any atom is -0.463 e. The lowest BCUT2D eigenvalue weighted by atomic mass is 9.74. The average Bonchev–Trinajstić information content (AvgIpc) is 3.38. The normalized spacial score (nSPS) is 23.5. The van der Waals surface area contributed by atoms with Crippen LogP contribution in [0.1, 0.15) is 47.6 Å². The van der Waals surface area contributed by atoms with E-state index in [1.54, 1.807) is 30.5 Å². The van der Waals surface area contributed by atoms with E-state index in [9.17, 15) is 9.59 Å². The number of Topliss-reactive ketones (excluding diaryl/α,β-unsaturated/α-hetero) is 1. The van der Waals surface area contributed by atoms with Crippen molar-refractivity contribution in [1.82, 2.24) is 14.9 Å². The van der Waals surface area contributed by atoms with Crippen molar-refractivity contribution in [2.45, 2.75) is 38.6 Å². The molecular formula is C26H28N4O4. The van der Waals surface area contributed by atoms with Crippen molar-refractivity contribution in [1.29, 1.82) is 0 Å². The molecule has 176 valence electrons. The fraction of sp³-hybridized carbons (Fsp3) is 0.385. The number of aromatic nitrogens is 2. The molecule has 34 heavy (non-hydrogen) atoms. The lowest BCUT2D eigenvalue weighted by Crippen LogP contribution is -2.54. The van der Waals surface area contributed by atoms with Crippen molar-refractivity contribution in [3.8, 4) is 11.5 Å². The van der Waals surface area contributed by atoms with E-state index in [1.807, 2.05) is 19.1 Å². The van der Waals surface area contributed by atoms with Crippen molar-refractivity contribution in [3.63, 3.8) is 0 Å². The standard InChI is InChI=1S/C26H28N4O4/c1-16(31)18-5-7-20(8-6-18)29-26(32)34-15-21-12-19-9-10-30(21)14-22(19)23-13-24(28-17(2)27-23)25-4-3-11-33-25/h3-8,11,13,19,21-22H,9-10,12,14-15H2,1-2H3,(H,29,32)/t19-,21+,22+/m0/s1. The SMILES string of the molecule is CC(=O)c1ccc(NC(=O)OC[C@H]2C[C@@H]3CCN2C[C@H]3c2cc(-c3ccco3)nc(C)n2)cc1. The van der Waals surface area contributed by atoms with Gasteiger partial charge in [0.25, 0.3) is 0 Å². The number of ketones is 1. The summed E-state index contributed by atoms with van der Waals surface area (Å²) in [6, 6.07) is 12.8. The highest BCUT2D eigenvalue weighted by Gasteiger charge is 2.42. The summed E-state index contributed by atoms with van der Waals surface area (Å²) >= 11 is 0. The van der Waals surface area contributed by atoms with Crippen LogP contribution in [0, 0.1) is 12.8 Å². The first-order chi connectivity index (χ1) is 16.5. The molecule has 8 heteroatoms. The molecule has 5 heterocycles. The van der Waals surface area contributed by atoms with Gasteiger partial charge < -0.3 is 9.15 Å². The van der Waals surface area contributed by atoms with Crippen LogP contribution in [0.3, 0.4) is 0 Å². The molecule has 0 spiro atoms. The van der Waals surface area contributed by atoms with E-state index in [0.717, 1.165) is 48.9 Å². The molecule has 3 aromatic rings. The zero-order valence-corrected chi connectivity index (χ0v) is 19.4. The Morgan fingerprint density at radius 3 is 2.71 bits per heavy atom. The van der Waals surface area contributed by atoms with E-state index < -0.39 is 6.09 Å². The van der Waals surface area contributed by atoms with Gasteiger partial charge in [-0.3, -0.25) is 15.0 Å². The van der Waals surface area contributed by atoms with Crippen LogP contribution in [-0.4, -0.2) is 52.5 Å². The van der Waals surface area contributed by atoms with Gasteiger partial charge in [-0.05, 0) is 81.6 Å². The Hall–Kier alpha value is -3.52. The van der Waals surface area contributed by atoms with Gasteiger partial charge in [0.05, 0.1) is 6.26 Å². The summed E-state index contributed by atoms with van der Waals surface area (Å²) in [7, 11) is 0. The fourth-order valence-corrected chi connectivity index (χ4v) is 5.09. The highest BCUT2D eigenvalue weighted by atomic mass is 16.5. The molecule has 3 aliphatic rings. The highest BCUT2D eigenvalue weighted by molar-refractivity contribution is 5.94. The number of nitrogens with zero attached hydrogens (tertiary/aromatic N) is 3. The second-order valence-corrected chi connectivity index (χ2v) is 9.10. The van der Waals surface area contributed by atoms with Gasteiger partial charge in [-0.2, -0.15) is 0 Å². The molecule has 8 nitrogen and oxygen atoms in total. The quantitative estimate of drug-likeness (QED) is 0.534. The Labute approximate surface area is 198 Å². The van der Waals surface area contributed by atoms with Crippen molar-refractivity contribution < 1.29 is 18.7 Å². The third-order valence-electron chi connectivity index (χ3n) is 6.83. The first-order valence-corrected chi connectivity index (χ1v) is 11.6. The number of rotatable bonds is 6. The predicted molar refractivity (Wildman–Crippen MR) is 127 cm³/mol. The van der Waals surface area contributed by atoms with Gasteiger partial charge in [0, 0.05) is 35.4 Å². The molecule has 6 rings (SSSR count). The van der Waals surface area contributed by atoms with Gasteiger partial charge in [-0.1, -0.05) is 0 Å². The number of piperidine rings is 3. The van der Waals surface area contributed by atoms with Crippen LogP contribution in [0.15, 0.2) is 53.1 Å². The van der Waals surface area contributed by atoms with Gasteiger partial charge in [0.2, 0.25) is 0 Å². The maximum Gasteiger partial charge on any atom is 0.411 e. The molecule has 2 aromatic heterocycles. The average molecular weight is 461 g/mol. The van der Waals surface area contributed by atoms with Crippen molar-refractivity contribution in [3.05, 3.63) is 65.8 Å². The number of furan rings is 1. The third kappa shape index (κ3) is 4.72. The van der Waals surface area contributed by atoms with Crippen LogP contribution in [0.5, 0.6) is 0 Å². The highest BCUT2D eigenvalue weighted by Crippen LogP contribution is 2.42. The molecule has 0 radical (unpaired) electrons. The number of benzene rings is 1. The van der Waals surface area contributed by atoms with E-state index in [-0.39, 0.29) is 11.8 Å². The van der Waals surface area contributed by atoms with E-state index >= 15 is 0 Å². The van der Waals surface area contributed by atoms with Crippen LogP contribution >= 0.6 is 0 Å². The molecule has 1 unspecified atom stereocenters. The Morgan fingerprint density at radius 2 is 2.03 bits per heavy atom. The Bertz CT molecular complexity index is 1180. The number of amides is 1. The van der Waals surface area contributed by atoms with E-state index in [4.69, 9.17) is 14.1 Å². The van der Waals surface area contributed by atoms with Gasteiger partial charge in [-0.25, -0.2) is 14.8 Å². The molecule has 0 aliphatic carbocycles. The van der Waals surface area contributed by atoms with Crippen molar-refractivity contribution >= 4 is 17.6 Å². The van der Waals surface area contributed by atoms with Gasteiger partial charge in [0.15, 0.2) is 11.5 Å². The van der Waals surface area contributed by atoms with Gasteiger partial charge in [-0.15, -0.1) is 0 Å². The summed E-state index contributed by atoms with van der Waals surface area (Å²) in [5.74, 6) is 2.30. The van der Waals surface area contributed by atoms with E-state index in [2.05, 4.69) is 21.3 Å². The predicted octanol–water partition coefficient (Wildman–Crippen LogP) is 4.67. The molecule has 1 aromatic carbocycles. The number of hydrogen-bond donors (Lipinski definition) is 1. The van der Waals surface area contributed by atoms with Crippen LogP contribution in [-0.2, 0) is 4.74 Å². The number of nitrogens with one attached hydrogen (secondary N) is 1. The first kappa shape index (κ1) is 22.3. The minimum absolute atomic E-state index is 0.0110. The molecule has 1 amide bonds. The molecule has 3 aliphatic heterocycles. The zero-order valence-electron chi connectivity index (χ0n) is 19.4. The Morgan fingerprint density at radius 1 is 1.21 bits per heavy atom. The number of ether oxygens (including phenoxy) is 1. The summed E-state index contributed by atoms with van der Waals surface area (Å²) in [5, 5.41) is 2.74. The summed E-state index contributed by atoms with van der Waals surface area (Å²) in [6.45, 7) is 5.67. The summed E-state index contributed by atoms with van der Waals surface area (Å²) in [6.07, 6.45) is 3.24. The molecule has 1 N–H and O–H groups in total. The van der Waals surface area contributed by atoms with E-state index in [0.29, 0.717) is 29.7 Å². The van der Waals surface area contributed by atoms with Crippen LogP contribution < -0.4 is 5.32 Å². The van der Waals surface area contributed by atoms with Crippen LogP contribution in [0.2, 0.25) is 0 Å². The topological polar surface area (TPSA) is 97.6 Å². The van der Waals surface area contributed by atoms with Gasteiger partial charge in [0.1, 0.15) is 18.1 Å². The number of anilines is 1. The van der Waals surface area contributed by atoms with Crippen molar-refractivity contribution in [2.24, 2.45) is 5.92 Å². The molecular weight excluding hydrogens is 432 g/mol. The molecule has 4 atom stereocenters. The maximum absolute atomic E-state index is 12.3. The molecule has 2 bridgehead atoms. The zero-order chi connectivity index (χ0) is 23.7. The van der Waals surface area contributed by atoms with Gasteiger partial charge >= 0.3 is 6.09 Å². The number of hydrogen-bond acceptors (Lipinski definition) is 7. The van der Waals surface area contributed by atoms with Crippen molar-refractivity contribution in [2.75, 3.05) is 25.0 Å². The third-order valence-corrected chi connectivity index (χ3v) is 6.83. The lowest BCUT2D eigenvalue weighted by Gasteiger charge is -2.49. The second kappa shape index (κ2) is 9.38. The minimum atomic E-state index is -0.482. The second-order valence-electron chi connectivity index (χ2n) is 9.10. The monoisotopic (exact) mass is 460 g/mol. The summed E-state index contributed by atoms with van der Waals surface area (Å²) in [4.78, 5) is 35.4. The fourth-order valence-electron chi connectivity index (χ4n) is 5.09. The number of fused-ring (bicyclic) bond motifs is 3. The largest absolute Gasteiger partial charge is 0.463 e. The number of carbonyl (C=O) groups excluding carboxylic acids is 2. The van der Waals surface area contributed by atoms with E-state index in [1.165, 1.54) is 6.92 Å². The summed E-state index contributed by atoms with van der Waals surface area (Å²) in [5.41, 5.74) is 3.08. The number of carbonyl (C=O) groups is 2. The molecule has 0 saturated carbocycles. The van der Waals surface area contributed by atoms with Crippen LogP contribution in [0.25, 0.3) is 11.5 Å². The molecule has 3 fully saturated rings. The van der Waals surface area contributed by atoms with Crippen LogP contribution in [0.4, 0.5) is 10.5 Å².